The zero-order chi connectivity index (χ0) is 10.7. The predicted molar refractivity (Wildman–Crippen MR) is 65.3 cm³/mol. The van der Waals surface area contributed by atoms with Gasteiger partial charge in [-0.05, 0) is 31.7 Å². The van der Waals surface area contributed by atoms with Gasteiger partial charge >= 0.3 is 0 Å². The average Bonchev–Trinajstić information content (AvgIpc) is 2.93. The van der Waals surface area contributed by atoms with Gasteiger partial charge in [-0.1, -0.05) is 36.4 Å². The van der Waals surface area contributed by atoms with Gasteiger partial charge < -0.3 is 0 Å². The van der Waals surface area contributed by atoms with E-state index in [1.165, 1.54) is 17.7 Å². The Kier molecular flexibility index (Phi) is 2.72. The van der Waals surface area contributed by atoms with Gasteiger partial charge in [0.2, 0.25) is 0 Å². The Bertz CT molecular complexity index is 378. The van der Waals surface area contributed by atoms with Crippen LogP contribution in [0.3, 0.4) is 0 Å². The number of nitrogens with zero attached hydrogens (tertiary/aromatic N) is 1. The van der Waals surface area contributed by atoms with Crippen LogP contribution in [0.15, 0.2) is 48.0 Å². The molecule has 1 aliphatic rings. The molecule has 1 aliphatic heterocycles. The highest BCUT2D eigenvalue weighted by Crippen LogP contribution is 2.43. The van der Waals surface area contributed by atoms with Crippen molar-refractivity contribution in [3.8, 4) is 0 Å². The molecule has 1 aromatic rings. The summed E-state index contributed by atoms with van der Waals surface area (Å²) in [6.07, 6.45) is 5.35. The topological polar surface area (TPSA) is 12.4 Å². The van der Waals surface area contributed by atoms with Crippen LogP contribution in [-0.2, 0) is 5.54 Å². The number of unbranched alkanes of at least 4 members (excludes halogenated alkanes) is 1. The molecule has 1 aromatic carbocycles. The van der Waals surface area contributed by atoms with Crippen LogP contribution in [0.1, 0.15) is 31.7 Å². The van der Waals surface area contributed by atoms with Gasteiger partial charge in [-0.25, -0.2) is 0 Å². The Hall–Kier alpha value is -1.37. The molecule has 0 aliphatic carbocycles. The number of hydrogen-bond acceptors (Lipinski definition) is 1. The maximum absolute atomic E-state index is 4.61. The highest BCUT2D eigenvalue weighted by atomic mass is 15.0. The molecule has 15 heavy (non-hydrogen) atoms. The van der Waals surface area contributed by atoms with E-state index < -0.39 is 0 Å². The van der Waals surface area contributed by atoms with Gasteiger partial charge in [0.05, 0.1) is 0 Å². The third kappa shape index (κ3) is 1.87. The lowest BCUT2D eigenvalue weighted by Gasteiger charge is -2.14. The fourth-order valence-corrected chi connectivity index (χ4v) is 2.13. The molecule has 0 saturated heterocycles. The Morgan fingerprint density at radius 3 is 2.53 bits per heavy atom. The molecule has 0 fully saturated rings. The molecular formula is C14H17N. The second kappa shape index (κ2) is 4.01. The number of rotatable bonds is 5. The zero-order valence-electron chi connectivity index (χ0n) is 9.24. The zero-order valence-corrected chi connectivity index (χ0v) is 9.24. The third-order valence-electron chi connectivity index (χ3n) is 3.11. The van der Waals surface area contributed by atoms with Gasteiger partial charge in [0.25, 0.3) is 0 Å². The van der Waals surface area contributed by atoms with E-state index >= 15 is 0 Å². The molecule has 2 rings (SSSR count). The van der Waals surface area contributed by atoms with Gasteiger partial charge in [-0.3, -0.25) is 4.99 Å². The second-order valence-electron chi connectivity index (χ2n) is 4.10. The second-order valence-corrected chi connectivity index (χ2v) is 4.10. The fourth-order valence-electron chi connectivity index (χ4n) is 2.13. The minimum Gasteiger partial charge on any atom is -0.274 e. The van der Waals surface area contributed by atoms with Crippen LogP contribution in [-0.4, -0.2) is 5.71 Å². The van der Waals surface area contributed by atoms with E-state index in [1.54, 1.807) is 0 Å². The van der Waals surface area contributed by atoms with Gasteiger partial charge in [0.1, 0.15) is 5.54 Å². The first kappa shape index (κ1) is 10.2. The first-order valence-electron chi connectivity index (χ1n) is 5.53. The summed E-state index contributed by atoms with van der Waals surface area (Å²) in [6.45, 7) is 5.88. The van der Waals surface area contributed by atoms with Gasteiger partial charge in [0.15, 0.2) is 0 Å². The predicted octanol–water partition coefficient (Wildman–Crippen LogP) is 3.71. The minimum atomic E-state index is 0.0459. The van der Waals surface area contributed by atoms with Crippen LogP contribution < -0.4 is 0 Å². The summed E-state index contributed by atoms with van der Waals surface area (Å²) in [5.74, 6) is 0. The van der Waals surface area contributed by atoms with Crippen molar-refractivity contribution in [2.75, 3.05) is 0 Å². The lowest BCUT2D eigenvalue weighted by atomic mass is 9.89. The van der Waals surface area contributed by atoms with Crippen LogP contribution in [0.25, 0.3) is 0 Å². The molecule has 1 nitrogen and oxygen atoms in total. The van der Waals surface area contributed by atoms with Crippen molar-refractivity contribution in [1.29, 1.82) is 0 Å². The van der Waals surface area contributed by atoms with E-state index in [0.717, 1.165) is 12.8 Å². The molecule has 0 bridgehead atoms. The van der Waals surface area contributed by atoms with Crippen LogP contribution in [0.2, 0.25) is 0 Å². The van der Waals surface area contributed by atoms with E-state index in [0.29, 0.717) is 0 Å². The molecular weight excluding hydrogens is 182 g/mol. The molecule has 1 heterocycles. The summed E-state index contributed by atoms with van der Waals surface area (Å²) >= 11 is 0. The van der Waals surface area contributed by atoms with E-state index in [4.69, 9.17) is 0 Å². The SMILES string of the molecule is C=CCCCC1(c2ccccc2)N=C1C. The van der Waals surface area contributed by atoms with E-state index in [1.807, 2.05) is 6.08 Å². The first-order valence-corrected chi connectivity index (χ1v) is 5.53. The summed E-state index contributed by atoms with van der Waals surface area (Å²) in [7, 11) is 0. The molecule has 0 aromatic heterocycles. The van der Waals surface area contributed by atoms with Crippen LogP contribution in [0, 0.1) is 0 Å². The normalized spacial score (nSPS) is 23.4. The fraction of sp³-hybridized carbons (Fsp3) is 0.357. The number of allylic oxidation sites excluding steroid dienone is 1. The van der Waals surface area contributed by atoms with Crippen LogP contribution >= 0.6 is 0 Å². The van der Waals surface area contributed by atoms with Crippen LogP contribution in [0.5, 0.6) is 0 Å². The quantitative estimate of drug-likeness (QED) is 0.506. The Morgan fingerprint density at radius 1 is 1.33 bits per heavy atom. The number of aliphatic imine (C=N–C) groups is 1. The van der Waals surface area contributed by atoms with Crippen molar-refractivity contribution < 1.29 is 0 Å². The summed E-state index contributed by atoms with van der Waals surface area (Å²) in [4.78, 5) is 4.61. The summed E-state index contributed by atoms with van der Waals surface area (Å²) in [6, 6.07) is 10.6. The molecule has 0 saturated carbocycles. The van der Waals surface area contributed by atoms with Crippen molar-refractivity contribution in [3.05, 3.63) is 48.6 Å². The monoisotopic (exact) mass is 199 g/mol. The molecule has 1 unspecified atom stereocenters. The minimum absolute atomic E-state index is 0.0459. The Balaban J connectivity index is 2.07. The maximum Gasteiger partial charge on any atom is 0.123 e. The Morgan fingerprint density at radius 2 is 2.00 bits per heavy atom. The molecule has 0 N–H and O–H groups in total. The first-order chi connectivity index (χ1) is 7.29. The summed E-state index contributed by atoms with van der Waals surface area (Å²) in [5.41, 5.74) is 2.66. The molecule has 1 atom stereocenters. The smallest absolute Gasteiger partial charge is 0.123 e. The van der Waals surface area contributed by atoms with Crippen molar-refractivity contribution in [1.82, 2.24) is 0 Å². The lowest BCUT2D eigenvalue weighted by molar-refractivity contribution is 0.600. The van der Waals surface area contributed by atoms with E-state index in [2.05, 4.69) is 48.8 Å². The largest absolute Gasteiger partial charge is 0.274 e. The van der Waals surface area contributed by atoms with Crippen molar-refractivity contribution in [2.45, 2.75) is 31.7 Å². The maximum atomic E-state index is 4.61. The van der Waals surface area contributed by atoms with Crippen molar-refractivity contribution in [2.24, 2.45) is 4.99 Å². The van der Waals surface area contributed by atoms with Crippen LogP contribution in [0.4, 0.5) is 0 Å². The molecule has 78 valence electrons. The third-order valence-corrected chi connectivity index (χ3v) is 3.11. The summed E-state index contributed by atoms with van der Waals surface area (Å²) < 4.78 is 0. The van der Waals surface area contributed by atoms with Crippen molar-refractivity contribution >= 4 is 5.71 Å². The molecule has 0 radical (unpaired) electrons. The van der Waals surface area contributed by atoms with E-state index in [9.17, 15) is 0 Å². The number of hydrogen-bond donors (Lipinski definition) is 0. The lowest BCUT2D eigenvalue weighted by Crippen LogP contribution is -2.14. The molecule has 0 amide bonds. The molecule has 0 spiro atoms. The standard InChI is InChI=1S/C14H17N/c1-3-4-8-11-14(12(2)15-14)13-9-6-5-7-10-13/h3,5-7,9-10H,1,4,8,11H2,2H3. The highest BCUT2D eigenvalue weighted by molar-refractivity contribution is 6.04. The summed E-state index contributed by atoms with van der Waals surface area (Å²) in [5, 5.41) is 0. The number of benzene rings is 1. The van der Waals surface area contributed by atoms with Gasteiger partial charge in [0, 0.05) is 5.71 Å². The molecule has 1 heteroatoms. The van der Waals surface area contributed by atoms with Gasteiger partial charge in [-0.15, -0.1) is 6.58 Å². The van der Waals surface area contributed by atoms with Gasteiger partial charge in [-0.2, -0.15) is 0 Å². The highest BCUT2D eigenvalue weighted by Gasteiger charge is 2.44. The van der Waals surface area contributed by atoms with E-state index in [-0.39, 0.29) is 5.54 Å². The van der Waals surface area contributed by atoms with Crippen molar-refractivity contribution in [3.63, 3.8) is 0 Å². The Labute approximate surface area is 91.6 Å². The average molecular weight is 199 g/mol.